The van der Waals surface area contributed by atoms with Gasteiger partial charge in [0.15, 0.2) is 5.69 Å². The molecule has 106 valence electrons. The number of nitrogens with one attached hydrogen (secondary N) is 1. The first-order valence-electron chi connectivity index (χ1n) is 6.39. The predicted octanol–water partition coefficient (Wildman–Crippen LogP) is 1.69. The number of benzene rings is 1. The Bertz CT molecular complexity index is 628. The number of rotatable bonds is 5. The van der Waals surface area contributed by atoms with E-state index in [2.05, 4.69) is 15.5 Å². The van der Waals surface area contributed by atoms with Crippen LogP contribution in [0.3, 0.4) is 0 Å². The fourth-order valence-corrected chi connectivity index (χ4v) is 2.19. The van der Waals surface area contributed by atoms with Crippen LogP contribution >= 0.6 is 0 Å². The van der Waals surface area contributed by atoms with Gasteiger partial charge in [-0.3, -0.25) is 0 Å². The van der Waals surface area contributed by atoms with Gasteiger partial charge < -0.3 is 15.3 Å². The smallest absolute Gasteiger partial charge is 0.358 e. The van der Waals surface area contributed by atoms with E-state index in [1.54, 1.807) is 0 Å². The Morgan fingerprint density at radius 3 is 2.70 bits per heavy atom. The Labute approximate surface area is 117 Å². The van der Waals surface area contributed by atoms with E-state index in [1.165, 1.54) is 0 Å². The van der Waals surface area contributed by atoms with E-state index in [0.717, 1.165) is 11.9 Å². The van der Waals surface area contributed by atoms with Gasteiger partial charge in [-0.1, -0.05) is 18.2 Å². The Hall–Kier alpha value is -2.21. The molecule has 0 fully saturated rings. The van der Waals surface area contributed by atoms with Crippen LogP contribution in [0.5, 0.6) is 0 Å². The van der Waals surface area contributed by atoms with Crippen molar-refractivity contribution in [2.24, 2.45) is 0 Å². The summed E-state index contributed by atoms with van der Waals surface area (Å²) in [7, 11) is 3.94. The van der Waals surface area contributed by atoms with Gasteiger partial charge in [-0.05, 0) is 27.1 Å². The second-order valence-electron chi connectivity index (χ2n) is 5.05. The van der Waals surface area contributed by atoms with Gasteiger partial charge in [-0.2, -0.15) is 0 Å². The molecule has 1 atom stereocenters. The highest BCUT2D eigenvalue weighted by Crippen LogP contribution is 2.25. The number of hydrogen-bond donors (Lipinski definition) is 2. The van der Waals surface area contributed by atoms with E-state index in [9.17, 15) is 9.90 Å². The summed E-state index contributed by atoms with van der Waals surface area (Å²) in [5.41, 5.74) is 1.16. The number of carbonyl (C=O) groups is 1. The van der Waals surface area contributed by atoms with E-state index in [-0.39, 0.29) is 11.7 Å². The molecule has 0 aliphatic carbocycles. The maximum absolute atomic E-state index is 11.3. The van der Waals surface area contributed by atoms with Crippen molar-refractivity contribution in [1.29, 1.82) is 0 Å². The molecule has 1 heterocycles. The molecule has 2 N–H and O–H groups in total. The molecule has 0 aliphatic heterocycles. The van der Waals surface area contributed by atoms with Crippen molar-refractivity contribution in [3.8, 4) is 0 Å². The monoisotopic (exact) mass is 274 g/mol. The number of anilines is 1. The highest BCUT2D eigenvalue weighted by atomic mass is 16.4. The van der Waals surface area contributed by atoms with Gasteiger partial charge in [-0.25, -0.2) is 4.79 Å². The minimum atomic E-state index is -1.08. The number of carboxylic acids is 1. The SMILES string of the molecule is CC(CN(C)C)Nc1c(C(=O)O)nnc2ccccc12. The summed E-state index contributed by atoms with van der Waals surface area (Å²) in [6.07, 6.45) is 0. The largest absolute Gasteiger partial charge is 0.476 e. The van der Waals surface area contributed by atoms with Crippen molar-refractivity contribution in [3.63, 3.8) is 0 Å². The lowest BCUT2D eigenvalue weighted by molar-refractivity contribution is 0.0690. The number of nitrogens with zero attached hydrogens (tertiary/aromatic N) is 3. The van der Waals surface area contributed by atoms with Gasteiger partial charge in [0.25, 0.3) is 0 Å². The Kier molecular flexibility index (Phi) is 4.14. The van der Waals surface area contributed by atoms with Crippen LogP contribution in [0.4, 0.5) is 5.69 Å². The predicted molar refractivity (Wildman–Crippen MR) is 78.1 cm³/mol. The van der Waals surface area contributed by atoms with Crippen molar-refractivity contribution in [2.75, 3.05) is 26.0 Å². The lowest BCUT2D eigenvalue weighted by atomic mass is 10.1. The van der Waals surface area contributed by atoms with Crippen molar-refractivity contribution in [2.45, 2.75) is 13.0 Å². The second kappa shape index (κ2) is 5.83. The summed E-state index contributed by atoms with van der Waals surface area (Å²) in [6.45, 7) is 2.79. The van der Waals surface area contributed by atoms with Gasteiger partial charge in [0.05, 0.1) is 11.2 Å². The number of aromatic carboxylic acids is 1. The Balaban J connectivity index is 2.47. The summed E-state index contributed by atoms with van der Waals surface area (Å²) in [5.74, 6) is -1.08. The number of fused-ring (bicyclic) bond motifs is 1. The van der Waals surface area contributed by atoms with Gasteiger partial charge >= 0.3 is 5.97 Å². The zero-order valence-corrected chi connectivity index (χ0v) is 11.8. The van der Waals surface area contributed by atoms with Crippen LogP contribution in [0.2, 0.25) is 0 Å². The van der Waals surface area contributed by atoms with Crippen LogP contribution in [0.1, 0.15) is 17.4 Å². The van der Waals surface area contributed by atoms with E-state index >= 15 is 0 Å². The first-order chi connectivity index (χ1) is 9.49. The van der Waals surface area contributed by atoms with E-state index < -0.39 is 5.97 Å². The minimum Gasteiger partial charge on any atom is -0.476 e. The fourth-order valence-electron chi connectivity index (χ4n) is 2.19. The van der Waals surface area contributed by atoms with Crippen molar-refractivity contribution in [3.05, 3.63) is 30.0 Å². The third-order valence-corrected chi connectivity index (χ3v) is 2.90. The summed E-state index contributed by atoms with van der Waals surface area (Å²) < 4.78 is 0. The minimum absolute atomic E-state index is 0.0469. The maximum atomic E-state index is 11.3. The van der Waals surface area contributed by atoms with Crippen molar-refractivity contribution >= 4 is 22.6 Å². The first kappa shape index (κ1) is 14.2. The molecule has 6 nitrogen and oxygen atoms in total. The zero-order valence-electron chi connectivity index (χ0n) is 11.8. The Morgan fingerprint density at radius 1 is 1.35 bits per heavy atom. The summed E-state index contributed by atoms with van der Waals surface area (Å²) in [6, 6.07) is 7.47. The number of carboxylic acid groups (broad SMARTS) is 1. The third-order valence-electron chi connectivity index (χ3n) is 2.90. The molecule has 0 amide bonds. The Morgan fingerprint density at radius 2 is 2.05 bits per heavy atom. The van der Waals surface area contributed by atoms with Gasteiger partial charge in [0, 0.05) is 18.0 Å². The molecular formula is C14H18N4O2. The van der Waals surface area contributed by atoms with Crippen molar-refractivity contribution in [1.82, 2.24) is 15.1 Å². The third kappa shape index (κ3) is 3.03. The van der Waals surface area contributed by atoms with Crippen LogP contribution in [0.15, 0.2) is 24.3 Å². The molecule has 1 aromatic heterocycles. The second-order valence-corrected chi connectivity index (χ2v) is 5.05. The highest BCUT2D eigenvalue weighted by Gasteiger charge is 2.18. The lowest BCUT2D eigenvalue weighted by Gasteiger charge is -2.21. The van der Waals surface area contributed by atoms with E-state index in [4.69, 9.17) is 0 Å². The molecule has 0 radical (unpaired) electrons. The average molecular weight is 274 g/mol. The van der Waals surface area contributed by atoms with Crippen molar-refractivity contribution < 1.29 is 9.90 Å². The van der Waals surface area contributed by atoms with E-state index in [0.29, 0.717) is 11.2 Å². The quantitative estimate of drug-likeness (QED) is 0.864. The zero-order chi connectivity index (χ0) is 14.7. The normalized spacial score (nSPS) is 12.6. The number of likely N-dealkylation sites (N-methyl/N-ethyl adjacent to an activating group) is 1. The molecule has 1 unspecified atom stereocenters. The summed E-state index contributed by atoms with van der Waals surface area (Å²) in [5, 5.41) is 21.0. The maximum Gasteiger partial charge on any atom is 0.358 e. The molecular weight excluding hydrogens is 256 g/mol. The molecule has 0 saturated carbocycles. The number of aromatic nitrogens is 2. The molecule has 0 spiro atoms. The first-order valence-corrected chi connectivity index (χ1v) is 6.39. The lowest BCUT2D eigenvalue weighted by Crippen LogP contribution is -2.30. The molecule has 0 saturated heterocycles. The van der Waals surface area contributed by atoms with Gasteiger partial charge in [0.2, 0.25) is 0 Å². The number of hydrogen-bond acceptors (Lipinski definition) is 5. The van der Waals surface area contributed by atoms with Gasteiger partial charge in [-0.15, -0.1) is 10.2 Å². The summed E-state index contributed by atoms with van der Waals surface area (Å²) >= 11 is 0. The van der Waals surface area contributed by atoms with E-state index in [1.807, 2.05) is 50.2 Å². The molecule has 20 heavy (non-hydrogen) atoms. The fraction of sp³-hybridized carbons (Fsp3) is 0.357. The molecule has 2 rings (SSSR count). The van der Waals surface area contributed by atoms with Gasteiger partial charge in [0.1, 0.15) is 0 Å². The summed E-state index contributed by atoms with van der Waals surface area (Å²) in [4.78, 5) is 13.4. The molecule has 1 aromatic carbocycles. The molecule has 6 heteroatoms. The molecule has 0 aliphatic rings. The van der Waals surface area contributed by atoms with Crippen LogP contribution < -0.4 is 5.32 Å². The highest BCUT2D eigenvalue weighted by molar-refractivity contribution is 6.02. The standard InChI is InChI=1S/C14H18N4O2/c1-9(8-18(2)3)15-12-10-6-4-5-7-11(10)16-17-13(12)14(19)20/h4-7,9H,8H2,1-3H3,(H,15,16)(H,19,20). The topological polar surface area (TPSA) is 78.4 Å². The molecule has 0 bridgehead atoms. The van der Waals surface area contributed by atoms with Crippen LogP contribution in [-0.2, 0) is 0 Å². The van der Waals surface area contributed by atoms with Crippen LogP contribution in [0, 0.1) is 0 Å². The molecule has 2 aromatic rings. The van der Waals surface area contributed by atoms with Crippen LogP contribution in [0.25, 0.3) is 10.9 Å². The average Bonchev–Trinajstić information content (AvgIpc) is 2.37. The van der Waals surface area contributed by atoms with Crippen LogP contribution in [-0.4, -0.2) is 52.9 Å².